The van der Waals surface area contributed by atoms with Crippen molar-refractivity contribution in [3.8, 4) is 5.75 Å². The number of nitrogen functional groups attached to an aromatic ring is 1. The fourth-order valence-corrected chi connectivity index (χ4v) is 1.32. The van der Waals surface area contributed by atoms with E-state index in [-0.39, 0.29) is 17.8 Å². The molecule has 0 saturated heterocycles. The summed E-state index contributed by atoms with van der Waals surface area (Å²) in [6.45, 7) is 6.57. The Balaban J connectivity index is 2.40. The summed E-state index contributed by atoms with van der Waals surface area (Å²) >= 11 is 0. The molecule has 0 heterocycles. The lowest BCUT2D eigenvalue weighted by Gasteiger charge is -2.23. The fourth-order valence-electron chi connectivity index (χ4n) is 1.32. The van der Waals surface area contributed by atoms with Gasteiger partial charge in [-0.25, -0.2) is 4.39 Å². The van der Waals surface area contributed by atoms with Crippen LogP contribution in [0.3, 0.4) is 0 Å². The average Bonchev–Trinajstić information content (AvgIpc) is 2.24. The van der Waals surface area contributed by atoms with Crippen LogP contribution in [0, 0.1) is 5.82 Å². The normalized spacial score (nSPS) is 13.4. The van der Waals surface area contributed by atoms with Crippen molar-refractivity contribution in [3.63, 3.8) is 0 Å². The van der Waals surface area contributed by atoms with Gasteiger partial charge in [-0.3, -0.25) is 0 Å². The second-order valence-corrected chi connectivity index (χ2v) is 5.28. The van der Waals surface area contributed by atoms with Gasteiger partial charge in [0.1, 0.15) is 24.3 Å². The maximum absolute atomic E-state index is 12.8. The molecule has 0 aliphatic carbocycles. The number of nitrogens with one attached hydrogen (secondary N) is 1. The van der Waals surface area contributed by atoms with E-state index in [4.69, 9.17) is 10.5 Å². The lowest BCUT2D eigenvalue weighted by Crippen LogP contribution is -2.42. The van der Waals surface area contributed by atoms with E-state index in [2.05, 4.69) is 5.32 Å². The van der Waals surface area contributed by atoms with Crippen molar-refractivity contribution < 1.29 is 14.2 Å². The maximum Gasteiger partial charge on any atom is 0.142 e. The number of halogens is 1. The molecule has 4 nitrogen and oxygen atoms in total. The van der Waals surface area contributed by atoms with E-state index >= 15 is 0 Å². The van der Waals surface area contributed by atoms with Crippen LogP contribution >= 0.6 is 0 Å². The lowest BCUT2D eigenvalue weighted by molar-refractivity contribution is 0.100. The second kappa shape index (κ2) is 6.02. The van der Waals surface area contributed by atoms with Crippen LogP contribution in [-0.4, -0.2) is 29.9 Å². The Kier molecular flexibility index (Phi) is 4.93. The molecule has 0 aliphatic rings. The molecule has 1 aromatic rings. The quantitative estimate of drug-likeness (QED) is 0.699. The zero-order valence-corrected chi connectivity index (χ0v) is 11.0. The number of aliphatic hydroxyl groups is 1. The maximum atomic E-state index is 12.8. The summed E-state index contributed by atoms with van der Waals surface area (Å²) in [7, 11) is 0. The van der Waals surface area contributed by atoms with Crippen LogP contribution in [0.15, 0.2) is 18.2 Å². The average molecular weight is 256 g/mol. The van der Waals surface area contributed by atoms with Gasteiger partial charge in [0.2, 0.25) is 0 Å². The van der Waals surface area contributed by atoms with Crippen molar-refractivity contribution in [1.82, 2.24) is 5.32 Å². The highest BCUT2D eigenvalue weighted by molar-refractivity contribution is 5.52. The van der Waals surface area contributed by atoms with E-state index in [0.717, 1.165) is 0 Å². The van der Waals surface area contributed by atoms with E-state index in [9.17, 15) is 9.50 Å². The van der Waals surface area contributed by atoms with E-state index in [0.29, 0.717) is 12.3 Å². The number of ether oxygens (including phenoxy) is 1. The third kappa shape index (κ3) is 5.33. The van der Waals surface area contributed by atoms with Crippen molar-refractivity contribution in [2.75, 3.05) is 18.9 Å². The number of nitrogens with two attached hydrogens (primary N) is 1. The summed E-state index contributed by atoms with van der Waals surface area (Å²) < 4.78 is 18.1. The molecular weight excluding hydrogens is 235 g/mol. The van der Waals surface area contributed by atoms with E-state index in [1.165, 1.54) is 18.2 Å². The Morgan fingerprint density at radius 2 is 2.11 bits per heavy atom. The Bertz CT molecular complexity index is 391. The lowest BCUT2D eigenvalue weighted by atomic mass is 10.1. The number of β-amino-alcohol motifs (C(OH)–C–C–N with tert-alkyl or cyclic N) is 1. The minimum atomic E-state index is -0.645. The highest BCUT2D eigenvalue weighted by Gasteiger charge is 2.13. The molecular formula is C13H21FN2O2. The van der Waals surface area contributed by atoms with Gasteiger partial charge in [-0.05, 0) is 32.9 Å². The Hall–Kier alpha value is -1.33. The first-order valence-electron chi connectivity index (χ1n) is 5.89. The van der Waals surface area contributed by atoms with Gasteiger partial charge in [0.25, 0.3) is 0 Å². The largest absolute Gasteiger partial charge is 0.489 e. The van der Waals surface area contributed by atoms with Crippen molar-refractivity contribution in [2.24, 2.45) is 0 Å². The number of benzene rings is 1. The first-order valence-corrected chi connectivity index (χ1v) is 5.89. The molecule has 1 unspecified atom stereocenters. The van der Waals surface area contributed by atoms with Gasteiger partial charge in [0.05, 0.1) is 5.69 Å². The van der Waals surface area contributed by atoms with Gasteiger partial charge in [-0.2, -0.15) is 0 Å². The molecule has 0 spiro atoms. The number of hydrogen-bond acceptors (Lipinski definition) is 4. The van der Waals surface area contributed by atoms with Crippen LogP contribution in [0.4, 0.5) is 10.1 Å². The molecule has 18 heavy (non-hydrogen) atoms. The van der Waals surface area contributed by atoms with Crippen LogP contribution in [0.5, 0.6) is 5.75 Å². The molecule has 0 amide bonds. The van der Waals surface area contributed by atoms with E-state index < -0.39 is 11.9 Å². The first kappa shape index (κ1) is 14.7. The zero-order chi connectivity index (χ0) is 13.8. The predicted octanol–water partition coefficient (Wildman–Crippen LogP) is 1.54. The molecule has 1 atom stereocenters. The van der Waals surface area contributed by atoms with Gasteiger partial charge in [0, 0.05) is 18.2 Å². The molecule has 0 aromatic heterocycles. The number of anilines is 1. The fraction of sp³-hybridized carbons (Fsp3) is 0.538. The minimum Gasteiger partial charge on any atom is -0.489 e. The molecule has 4 N–H and O–H groups in total. The molecule has 0 aliphatic heterocycles. The third-order valence-corrected chi connectivity index (χ3v) is 2.27. The molecule has 0 fully saturated rings. The summed E-state index contributed by atoms with van der Waals surface area (Å²) in [6, 6.07) is 3.91. The predicted molar refractivity (Wildman–Crippen MR) is 70.1 cm³/mol. The highest BCUT2D eigenvalue weighted by Crippen LogP contribution is 2.21. The molecule has 5 heteroatoms. The summed E-state index contributed by atoms with van der Waals surface area (Å²) in [4.78, 5) is 0. The van der Waals surface area contributed by atoms with Gasteiger partial charge in [-0.15, -0.1) is 0 Å². The van der Waals surface area contributed by atoms with Gasteiger partial charge >= 0.3 is 0 Å². The Morgan fingerprint density at radius 1 is 1.44 bits per heavy atom. The smallest absolute Gasteiger partial charge is 0.142 e. The summed E-state index contributed by atoms with van der Waals surface area (Å²) in [5.41, 5.74) is 5.76. The molecule has 0 bridgehead atoms. The van der Waals surface area contributed by atoms with Crippen LogP contribution in [0.25, 0.3) is 0 Å². The molecule has 102 valence electrons. The third-order valence-electron chi connectivity index (χ3n) is 2.27. The van der Waals surface area contributed by atoms with Crippen LogP contribution < -0.4 is 15.8 Å². The van der Waals surface area contributed by atoms with Crippen molar-refractivity contribution in [3.05, 3.63) is 24.0 Å². The van der Waals surface area contributed by atoms with Crippen molar-refractivity contribution in [2.45, 2.75) is 32.4 Å². The van der Waals surface area contributed by atoms with E-state index in [1.807, 2.05) is 20.8 Å². The standard InChI is InChI=1S/C13H21FN2O2/c1-13(2,3)16-7-10(17)8-18-12-5-4-9(14)6-11(12)15/h4-6,10,16-17H,7-8,15H2,1-3H3. The topological polar surface area (TPSA) is 67.5 Å². The monoisotopic (exact) mass is 256 g/mol. The van der Waals surface area contributed by atoms with Gasteiger partial charge in [0.15, 0.2) is 0 Å². The van der Waals surface area contributed by atoms with E-state index in [1.54, 1.807) is 0 Å². The van der Waals surface area contributed by atoms with Gasteiger partial charge < -0.3 is 20.9 Å². The number of aliphatic hydroxyl groups excluding tert-OH is 1. The Labute approximate surface area is 107 Å². The van der Waals surface area contributed by atoms with Crippen molar-refractivity contribution in [1.29, 1.82) is 0 Å². The minimum absolute atomic E-state index is 0.0596. The number of rotatable bonds is 5. The molecule has 0 saturated carbocycles. The SMILES string of the molecule is CC(C)(C)NCC(O)COc1ccc(F)cc1N. The highest BCUT2D eigenvalue weighted by atomic mass is 19.1. The summed E-state index contributed by atoms with van der Waals surface area (Å²) in [6.07, 6.45) is -0.645. The van der Waals surface area contributed by atoms with Gasteiger partial charge in [-0.1, -0.05) is 0 Å². The van der Waals surface area contributed by atoms with Crippen LogP contribution in [-0.2, 0) is 0 Å². The van der Waals surface area contributed by atoms with Crippen LogP contribution in [0.1, 0.15) is 20.8 Å². The molecule has 0 radical (unpaired) electrons. The van der Waals surface area contributed by atoms with Crippen molar-refractivity contribution >= 4 is 5.69 Å². The first-order chi connectivity index (χ1) is 8.28. The number of hydrogen-bond donors (Lipinski definition) is 3. The summed E-state index contributed by atoms with van der Waals surface area (Å²) in [5.74, 6) is -0.0268. The molecule has 1 aromatic carbocycles. The van der Waals surface area contributed by atoms with Crippen LogP contribution in [0.2, 0.25) is 0 Å². The summed E-state index contributed by atoms with van der Waals surface area (Å²) in [5, 5.41) is 12.9. The molecule has 1 rings (SSSR count). The second-order valence-electron chi connectivity index (χ2n) is 5.28. The Morgan fingerprint density at radius 3 is 2.67 bits per heavy atom. The zero-order valence-electron chi connectivity index (χ0n) is 11.0.